The number of pyridine rings is 1. The number of fused-ring (bicyclic) bond motifs is 1. The van der Waals surface area contributed by atoms with Crippen molar-refractivity contribution >= 4 is 17.1 Å². The van der Waals surface area contributed by atoms with Gasteiger partial charge >= 0.3 is 0 Å². The number of likely N-dealkylation sites (N-methyl/N-ethyl adjacent to an activating group) is 1. The zero-order valence-corrected chi connectivity index (χ0v) is 13.9. The number of aromatic nitrogens is 3. The Balaban J connectivity index is 1.70. The molecule has 0 aliphatic carbocycles. The molecule has 7 heteroatoms. The number of benzene rings is 1. The normalized spacial score (nSPS) is 15.7. The van der Waals surface area contributed by atoms with E-state index in [1.54, 1.807) is 24.4 Å². The number of carbonyl (C=O) groups excluding carboxylic acids is 1. The topological polar surface area (TPSA) is 65.1 Å². The Labute approximate surface area is 144 Å². The number of rotatable bonds is 2. The minimum absolute atomic E-state index is 0.0187. The van der Waals surface area contributed by atoms with Gasteiger partial charge in [-0.05, 0) is 37.4 Å². The van der Waals surface area contributed by atoms with Gasteiger partial charge in [-0.15, -0.1) is 0 Å². The van der Waals surface area contributed by atoms with E-state index in [9.17, 15) is 9.18 Å². The van der Waals surface area contributed by atoms with Gasteiger partial charge in [-0.1, -0.05) is 0 Å². The van der Waals surface area contributed by atoms with Crippen LogP contribution in [0.2, 0.25) is 0 Å². The number of amides is 1. The van der Waals surface area contributed by atoms with Gasteiger partial charge in [-0.2, -0.15) is 0 Å². The first-order valence-electron chi connectivity index (χ1n) is 8.20. The third-order valence-electron chi connectivity index (χ3n) is 4.53. The van der Waals surface area contributed by atoms with E-state index >= 15 is 0 Å². The molecule has 2 aromatic heterocycles. The Hall–Kier alpha value is -2.80. The van der Waals surface area contributed by atoms with Crippen molar-refractivity contribution in [3.63, 3.8) is 0 Å². The molecule has 0 atom stereocenters. The molecule has 1 fully saturated rings. The lowest BCUT2D eigenvalue weighted by Crippen LogP contribution is -2.47. The molecule has 1 amide bonds. The predicted octanol–water partition coefficient (Wildman–Crippen LogP) is 2.15. The van der Waals surface area contributed by atoms with Crippen molar-refractivity contribution in [1.82, 2.24) is 24.8 Å². The minimum atomic E-state index is -0.302. The molecule has 3 aromatic rings. The Morgan fingerprint density at radius 1 is 1.12 bits per heavy atom. The number of nitrogens with zero attached hydrogens (tertiary/aromatic N) is 4. The van der Waals surface area contributed by atoms with Crippen LogP contribution in [0, 0.1) is 5.82 Å². The van der Waals surface area contributed by atoms with Gasteiger partial charge in [0.2, 0.25) is 0 Å². The second kappa shape index (κ2) is 6.25. The number of halogens is 1. The van der Waals surface area contributed by atoms with Crippen molar-refractivity contribution < 1.29 is 9.18 Å². The molecule has 1 aliphatic rings. The van der Waals surface area contributed by atoms with Crippen LogP contribution in [0.1, 0.15) is 10.4 Å². The van der Waals surface area contributed by atoms with Crippen molar-refractivity contribution in [2.75, 3.05) is 33.2 Å². The highest BCUT2D eigenvalue weighted by atomic mass is 19.1. The number of aromatic amines is 1. The fourth-order valence-electron chi connectivity index (χ4n) is 3.01. The van der Waals surface area contributed by atoms with Gasteiger partial charge in [-0.3, -0.25) is 4.79 Å². The second-order valence-electron chi connectivity index (χ2n) is 6.24. The predicted molar refractivity (Wildman–Crippen MR) is 92.7 cm³/mol. The van der Waals surface area contributed by atoms with E-state index in [0.29, 0.717) is 35.6 Å². The first kappa shape index (κ1) is 15.7. The first-order chi connectivity index (χ1) is 12.1. The SMILES string of the molecule is CN1CCN(C(=O)c2ccnc3nc(-c4ccc(F)cc4)[nH]c23)CC1. The smallest absolute Gasteiger partial charge is 0.256 e. The highest BCUT2D eigenvalue weighted by Gasteiger charge is 2.23. The van der Waals surface area contributed by atoms with Crippen LogP contribution in [-0.2, 0) is 0 Å². The third-order valence-corrected chi connectivity index (χ3v) is 4.53. The molecule has 1 N–H and O–H groups in total. The highest BCUT2D eigenvalue weighted by molar-refractivity contribution is 6.04. The molecular weight excluding hydrogens is 321 g/mol. The quantitative estimate of drug-likeness (QED) is 0.777. The second-order valence-corrected chi connectivity index (χ2v) is 6.24. The number of hydrogen-bond acceptors (Lipinski definition) is 4. The van der Waals surface area contributed by atoms with Crippen LogP contribution in [0.5, 0.6) is 0 Å². The Morgan fingerprint density at radius 2 is 1.84 bits per heavy atom. The zero-order valence-electron chi connectivity index (χ0n) is 13.9. The molecule has 0 unspecified atom stereocenters. The van der Waals surface area contributed by atoms with E-state index in [2.05, 4.69) is 26.9 Å². The fraction of sp³-hybridized carbons (Fsp3) is 0.278. The molecule has 0 spiro atoms. The van der Waals surface area contributed by atoms with Crippen LogP contribution >= 0.6 is 0 Å². The summed E-state index contributed by atoms with van der Waals surface area (Å²) < 4.78 is 13.1. The van der Waals surface area contributed by atoms with Gasteiger partial charge in [0.25, 0.3) is 5.91 Å². The lowest BCUT2D eigenvalue weighted by atomic mass is 10.2. The summed E-state index contributed by atoms with van der Waals surface area (Å²) in [6.07, 6.45) is 1.60. The van der Waals surface area contributed by atoms with Gasteiger partial charge < -0.3 is 14.8 Å². The van der Waals surface area contributed by atoms with E-state index < -0.39 is 0 Å². The van der Waals surface area contributed by atoms with Crippen LogP contribution in [0.15, 0.2) is 36.5 Å². The number of piperazine rings is 1. The standard InChI is InChI=1S/C18H18FN5O/c1-23-8-10-24(11-9-23)18(25)14-6-7-20-17-15(14)21-16(22-17)12-2-4-13(19)5-3-12/h2-7H,8-11H2,1H3,(H,20,21,22). The lowest BCUT2D eigenvalue weighted by Gasteiger charge is -2.32. The summed E-state index contributed by atoms with van der Waals surface area (Å²) in [5.74, 6) is 0.250. The monoisotopic (exact) mass is 339 g/mol. The molecule has 1 aliphatic heterocycles. The number of hydrogen-bond donors (Lipinski definition) is 1. The van der Waals surface area contributed by atoms with E-state index in [1.807, 2.05) is 4.90 Å². The third kappa shape index (κ3) is 2.98. The summed E-state index contributed by atoms with van der Waals surface area (Å²) in [5.41, 5.74) is 2.41. The van der Waals surface area contributed by atoms with Crippen molar-refractivity contribution in [2.45, 2.75) is 0 Å². The number of H-pyrrole nitrogens is 1. The van der Waals surface area contributed by atoms with Crippen molar-refractivity contribution in [3.8, 4) is 11.4 Å². The van der Waals surface area contributed by atoms with Gasteiger partial charge in [0, 0.05) is 37.9 Å². The van der Waals surface area contributed by atoms with E-state index in [-0.39, 0.29) is 11.7 Å². The minimum Gasteiger partial charge on any atom is -0.336 e. The molecule has 128 valence electrons. The molecule has 6 nitrogen and oxygen atoms in total. The van der Waals surface area contributed by atoms with Crippen molar-refractivity contribution in [2.24, 2.45) is 0 Å². The molecule has 3 heterocycles. The van der Waals surface area contributed by atoms with Crippen molar-refractivity contribution in [1.29, 1.82) is 0 Å². The summed E-state index contributed by atoms with van der Waals surface area (Å²) in [7, 11) is 2.05. The van der Waals surface area contributed by atoms with E-state index in [1.165, 1.54) is 12.1 Å². The van der Waals surface area contributed by atoms with Gasteiger partial charge in [0.15, 0.2) is 5.65 Å². The lowest BCUT2D eigenvalue weighted by molar-refractivity contribution is 0.0666. The van der Waals surface area contributed by atoms with E-state index in [4.69, 9.17) is 0 Å². The number of imidazole rings is 1. The maximum Gasteiger partial charge on any atom is 0.256 e. The first-order valence-corrected chi connectivity index (χ1v) is 8.20. The summed E-state index contributed by atoms with van der Waals surface area (Å²) in [6.45, 7) is 3.14. The molecular formula is C18H18FN5O. The van der Waals surface area contributed by atoms with Crippen LogP contribution < -0.4 is 0 Å². The maximum absolute atomic E-state index is 13.1. The Morgan fingerprint density at radius 3 is 2.56 bits per heavy atom. The van der Waals surface area contributed by atoms with Crippen LogP contribution in [0.25, 0.3) is 22.6 Å². The number of nitrogens with one attached hydrogen (secondary N) is 1. The van der Waals surface area contributed by atoms with Crippen LogP contribution in [0.4, 0.5) is 4.39 Å². The van der Waals surface area contributed by atoms with Gasteiger partial charge in [0.05, 0.1) is 11.1 Å². The number of carbonyl (C=O) groups is 1. The molecule has 1 aromatic carbocycles. The van der Waals surface area contributed by atoms with Gasteiger partial charge in [-0.25, -0.2) is 14.4 Å². The van der Waals surface area contributed by atoms with Crippen LogP contribution in [0.3, 0.4) is 0 Å². The summed E-state index contributed by atoms with van der Waals surface area (Å²) >= 11 is 0. The molecule has 25 heavy (non-hydrogen) atoms. The Kier molecular flexibility index (Phi) is 3.93. The molecule has 4 rings (SSSR count). The zero-order chi connectivity index (χ0) is 17.4. The highest BCUT2D eigenvalue weighted by Crippen LogP contribution is 2.23. The maximum atomic E-state index is 13.1. The summed E-state index contributed by atoms with van der Waals surface area (Å²) in [5, 5.41) is 0. The van der Waals surface area contributed by atoms with Crippen molar-refractivity contribution in [3.05, 3.63) is 47.9 Å². The largest absolute Gasteiger partial charge is 0.336 e. The molecule has 0 saturated carbocycles. The van der Waals surface area contributed by atoms with E-state index in [0.717, 1.165) is 18.7 Å². The molecule has 0 bridgehead atoms. The van der Waals surface area contributed by atoms with Gasteiger partial charge in [0.1, 0.15) is 11.6 Å². The fourth-order valence-corrected chi connectivity index (χ4v) is 3.01. The van der Waals surface area contributed by atoms with Crippen LogP contribution in [-0.4, -0.2) is 63.9 Å². The molecule has 1 saturated heterocycles. The average molecular weight is 339 g/mol. The summed E-state index contributed by atoms with van der Waals surface area (Å²) in [4.78, 5) is 28.8. The summed E-state index contributed by atoms with van der Waals surface area (Å²) in [6, 6.07) is 7.78. The molecule has 0 radical (unpaired) electrons. The Bertz CT molecular complexity index is 913. The average Bonchev–Trinajstić information content (AvgIpc) is 3.06.